The molecule has 0 spiro atoms. The van der Waals surface area contributed by atoms with Crippen LogP contribution in [0.1, 0.15) is 18.4 Å². The number of rotatable bonds is 7. The highest BCUT2D eigenvalue weighted by atomic mass is 79.9. The average molecular weight is 411 g/mol. The Bertz CT molecular complexity index is 720. The van der Waals surface area contributed by atoms with Crippen LogP contribution in [0, 0.1) is 0 Å². The molecule has 0 aromatic heterocycles. The van der Waals surface area contributed by atoms with Crippen molar-refractivity contribution >= 4 is 45.3 Å². The van der Waals surface area contributed by atoms with Gasteiger partial charge < -0.3 is 10.4 Å². The van der Waals surface area contributed by atoms with Crippen LogP contribution in [0.3, 0.4) is 0 Å². The van der Waals surface area contributed by atoms with Crippen molar-refractivity contribution in [3.63, 3.8) is 0 Å². The number of nitrogens with zero attached hydrogens (tertiary/aromatic N) is 1. The third kappa shape index (κ3) is 6.22. The van der Waals surface area contributed by atoms with Gasteiger partial charge in [-0.25, -0.2) is 5.43 Å². The van der Waals surface area contributed by atoms with E-state index in [0.29, 0.717) is 28.9 Å². The standard InChI is InChI=1S/C17H17BrClN3O2/c18-15-10-12(3-8-16(15)23)11-21-22-17(24)2-1-9-20-14-6-4-13(19)5-7-14/h3-8,10-11,20,23H,1-2,9H2,(H,22,24)/b21-11-. The van der Waals surface area contributed by atoms with Crippen molar-refractivity contribution in [2.45, 2.75) is 12.8 Å². The van der Waals surface area contributed by atoms with Gasteiger partial charge in [0.15, 0.2) is 0 Å². The monoisotopic (exact) mass is 409 g/mol. The second kappa shape index (κ2) is 9.30. The number of hydrazone groups is 1. The van der Waals surface area contributed by atoms with Crippen LogP contribution in [-0.4, -0.2) is 23.8 Å². The van der Waals surface area contributed by atoms with Gasteiger partial charge in [0.1, 0.15) is 5.75 Å². The van der Waals surface area contributed by atoms with Crippen molar-refractivity contribution in [2.75, 3.05) is 11.9 Å². The zero-order chi connectivity index (χ0) is 17.4. The number of carbonyl (C=O) groups is 1. The van der Waals surface area contributed by atoms with Crippen LogP contribution in [0.4, 0.5) is 5.69 Å². The van der Waals surface area contributed by atoms with E-state index in [9.17, 15) is 9.90 Å². The van der Waals surface area contributed by atoms with Gasteiger partial charge in [-0.15, -0.1) is 0 Å². The molecule has 126 valence electrons. The predicted octanol–water partition coefficient (Wildman–Crippen LogP) is 4.15. The molecule has 0 aliphatic heterocycles. The second-order valence-corrected chi connectivity index (χ2v) is 6.33. The van der Waals surface area contributed by atoms with Gasteiger partial charge in [0.2, 0.25) is 5.91 Å². The van der Waals surface area contributed by atoms with Crippen molar-refractivity contribution in [3.8, 4) is 5.75 Å². The summed E-state index contributed by atoms with van der Waals surface area (Å²) in [6.07, 6.45) is 2.58. The molecule has 0 aliphatic rings. The third-order valence-corrected chi connectivity index (χ3v) is 4.02. The first kappa shape index (κ1) is 18.3. The van der Waals surface area contributed by atoms with Crippen molar-refractivity contribution in [2.24, 2.45) is 5.10 Å². The van der Waals surface area contributed by atoms with Crippen LogP contribution in [0.2, 0.25) is 5.02 Å². The molecule has 2 aromatic rings. The Kier molecular flexibility index (Phi) is 7.08. The van der Waals surface area contributed by atoms with Crippen LogP contribution in [0.25, 0.3) is 0 Å². The van der Waals surface area contributed by atoms with E-state index in [1.54, 1.807) is 18.2 Å². The molecule has 5 nitrogen and oxygen atoms in total. The van der Waals surface area contributed by atoms with Crippen LogP contribution in [0.5, 0.6) is 5.75 Å². The van der Waals surface area contributed by atoms with Crippen LogP contribution >= 0.6 is 27.5 Å². The van der Waals surface area contributed by atoms with Crippen LogP contribution < -0.4 is 10.7 Å². The number of hydrogen-bond acceptors (Lipinski definition) is 4. The molecule has 0 saturated carbocycles. The Balaban J connectivity index is 1.66. The average Bonchev–Trinajstić information content (AvgIpc) is 2.56. The molecule has 24 heavy (non-hydrogen) atoms. The lowest BCUT2D eigenvalue weighted by atomic mass is 10.2. The maximum absolute atomic E-state index is 11.7. The lowest BCUT2D eigenvalue weighted by Gasteiger charge is -2.05. The lowest BCUT2D eigenvalue weighted by Crippen LogP contribution is -2.18. The van der Waals surface area contributed by atoms with Gasteiger partial charge >= 0.3 is 0 Å². The maximum atomic E-state index is 11.7. The topological polar surface area (TPSA) is 73.7 Å². The second-order valence-electron chi connectivity index (χ2n) is 5.04. The van der Waals surface area contributed by atoms with Gasteiger partial charge in [0.05, 0.1) is 10.7 Å². The summed E-state index contributed by atoms with van der Waals surface area (Å²) >= 11 is 9.03. The van der Waals surface area contributed by atoms with Crippen molar-refractivity contribution < 1.29 is 9.90 Å². The number of carbonyl (C=O) groups excluding carboxylic acids is 1. The van der Waals surface area contributed by atoms with Crippen molar-refractivity contribution in [3.05, 3.63) is 57.5 Å². The van der Waals surface area contributed by atoms with E-state index in [0.717, 1.165) is 11.3 Å². The summed E-state index contributed by atoms with van der Waals surface area (Å²) in [5.74, 6) is 0.00590. The lowest BCUT2D eigenvalue weighted by molar-refractivity contribution is -0.121. The molecular formula is C17H17BrClN3O2. The molecule has 3 N–H and O–H groups in total. The fourth-order valence-corrected chi connectivity index (χ4v) is 2.41. The van der Waals surface area contributed by atoms with E-state index in [2.05, 4.69) is 31.8 Å². The van der Waals surface area contributed by atoms with E-state index in [4.69, 9.17) is 11.6 Å². The Morgan fingerprint density at radius 3 is 2.71 bits per heavy atom. The summed E-state index contributed by atoms with van der Waals surface area (Å²) in [5, 5.41) is 17.2. The van der Waals surface area contributed by atoms with E-state index < -0.39 is 0 Å². The van der Waals surface area contributed by atoms with Gasteiger partial charge in [-0.05, 0) is 70.4 Å². The number of anilines is 1. The van der Waals surface area contributed by atoms with Crippen LogP contribution in [0.15, 0.2) is 52.0 Å². The minimum absolute atomic E-state index is 0.151. The first-order chi connectivity index (χ1) is 11.5. The predicted molar refractivity (Wildman–Crippen MR) is 101 cm³/mol. The van der Waals surface area contributed by atoms with Crippen molar-refractivity contribution in [1.29, 1.82) is 0 Å². The third-order valence-electron chi connectivity index (χ3n) is 3.13. The molecule has 0 saturated heterocycles. The molecule has 0 unspecified atom stereocenters. The molecule has 2 rings (SSSR count). The SMILES string of the molecule is O=C(CCCNc1ccc(Cl)cc1)N/N=C\c1ccc(O)c(Br)c1. The molecule has 0 fully saturated rings. The summed E-state index contributed by atoms with van der Waals surface area (Å²) in [5.41, 5.74) is 4.22. The highest BCUT2D eigenvalue weighted by molar-refractivity contribution is 9.10. The molecular weight excluding hydrogens is 394 g/mol. The Hall–Kier alpha value is -2.05. The van der Waals surface area contributed by atoms with E-state index in [1.807, 2.05) is 24.3 Å². The number of phenolic OH excluding ortho intramolecular Hbond substituents is 1. The number of halogens is 2. The van der Waals surface area contributed by atoms with Crippen molar-refractivity contribution in [1.82, 2.24) is 5.43 Å². The summed E-state index contributed by atoms with van der Waals surface area (Å²) in [6, 6.07) is 12.4. The van der Waals surface area contributed by atoms with E-state index in [-0.39, 0.29) is 11.7 Å². The van der Waals surface area contributed by atoms with E-state index >= 15 is 0 Å². The summed E-state index contributed by atoms with van der Waals surface area (Å²) in [4.78, 5) is 11.7. The zero-order valence-electron chi connectivity index (χ0n) is 12.8. The molecule has 0 heterocycles. The minimum atomic E-state index is -0.151. The van der Waals surface area contributed by atoms with Gasteiger partial charge in [-0.3, -0.25) is 4.79 Å². The number of benzene rings is 2. The Morgan fingerprint density at radius 1 is 1.25 bits per heavy atom. The minimum Gasteiger partial charge on any atom is -0.507 e. The Morgan fingerprint density at radius 2 is 2.00 bits per heavy atom. The highest BCUT2D eigenvalue weighted by Gasteiger charge is 2.00. The Labute approximate surface area is 153 Å². The van der Waals surface area contributed by atoms with Gasteiger partial charge in [0.25, 0.3) is 0 Å². The number of hydrogen-bond donors (Lipinski definition) is 3. The molecule has 2 aromatic carbocycles. The van der Waals surface area contributed by atoms with E-state index in [1.165, 1.54) is 6.21 Å². The number of nitrogens with one attached hydrogen (secondary N) is 2. The normalized spacial score (nSPS) is 10.8. The molecule has 0 atom stereocenters. The fraction of sp³-hybridized carbons (Fsp3) is 0.176. The molecule has 1 amide bonds. The first-order valence-electron chi connectivity index (χ1n) is 7.34. The number of phenols is 1. The van der Waals surface area contributed by atoms with Gasteiger partial charge in [-0.2, -0.15) is 5.10 Å². The smallest absolute Gasteiger partial charge is 0.240 e. The first-order valence-corrected chi connectivity index (χ1v) is 8.51. The highest BCUT2D eigenvalue weighted by Crippen LogP contribution is 2.23. The zero-order valence-corrected chi connectivity index (χ0v) is 15.1. The summed E-state index contributed by atoms with van der Waals surface area (Å²) in [6.45, 7) is 0.684. The largest absolute Gasteiger partial charge is 0.507 e. The molecule has 0 aliphatic carbocycles. The molecule has 7 heteroatoms. The maximum Gasteiger partial charge on any atom is 0.240 e. The number of amides is 1. The molecule has 0 radical (unpaired) electrons. The summed E-state index contributed by atoms with van der Waals surface area (Å²) < 4.78 is 0.575. The van der Waals surface area contributed by atoms with Crippen LogP contribution in [-0.2, 0) is 4.79 Å². The number of aromatic hydroxyl groups is 1. The molecule has 0 bridgehead atoms. The summed E-state index contributed by atoms with van der Waals surface area (Å²) in [7, 11) is 0. The quantitative estimate of drug-likeness (QED) is 0.365. The van der Waals surface area contributed by atoms with Gasteiger partial charge in [0, 0.05) is 23.7 Å². The van der Waals surface area contributed by atoms with Gasteiger partial charge in [-0.1, -0.05) is 11.6 Å². The fourth-order valence-electron chi connectivity index (χ4n) is 1.89.